The fourth-order valence-electron chi connectivity index (χ4n) is 4.01. The lowest BCUT2D eigenvalue weighted by Crippen LogP contribution is -2.37. The molecule has 0 aromatic carbocycles. The van der Waals surface area contributed by atoms with Crippen molar-refractivity contribution in [1.82, 2.24) is 10.6 Å². The summed E-state index contributed by atoms with van der Waals surface area (Å²) in [6, 6.07) is 0. The fraction of sp³-hybridized carbons (Fsp3) is 0.941. The van der Waals surface area contributed by atoms with Gasteiger partial charge < -0.3 is 10.6 Å². The molecule has 1 saturated heterocycles. The van der Waals surface area contributed by atoms with Crippen LogP contribution < -0.4 is 10.6 Å². The average molecular weight is 317 g/mol. The molecule has 1 saturated carbocycles. The predicted octanol–water partition coefficient (Wildman–Crippen LogP) is 3.52. The first-order chi connectivity index (χ1) is 9.65. The molecule has 0 aromatic rings. The standard InChI is InChI=1S/C17H32N2O.ClH/c1-3-17(8-4-5-9-17)13-19-16(20)12-14(2)15-6-10-18-11-7-15;/h14-15,18H,3-13H2,1-2H3,(H,19,20);1H. The van der Waals surface area contributed by atoms with Crippen molar-refractivity contribution in [3.05, 3.63) is 0 Å². The number of nitrogens with one attached hydrogen (secondary N) is 2. The Labute approximate surface area is 136 Å². The first-order valence-electron chi connectivity index (χ1n) is 8.63. The second-order valence-corrected chi connectivity index (χ2v) is 7.11. The molecule has 1 heterocycles. The van der Waals surface area contributed by atoms with Crippen LogP contribution in [0.5, 0.6) is 0 Å². The zero-order chi connectivity index (χ0) is 14.4. The third-order valence-corrected chi connectivity index (χ3v) is 5.77. The maximum Gasteiger partial charge on any atom is 0.220 e. The molecule has 1 atom stereocenters. The van der Waals surface area contributed by atoms with Gasteiger partial charge in [0.25, 0.3) is 0 Å². The summed E-state index contributed by atoms with van der Waals surface area (Å²) in [5.41, 5.74) is 0.410. The van der Waals surface area contributed by atoms with E-state index < -0.39 is 0 Å². The van der Waals surface area contributed by atoms with Crippen LogP contribution in [0.1, 0.15) is 65.2 Å². The highest BCUT2D eigenvalue weighted by Crippen LogP contribution is 2.40. The van der Waals surface area contributed by atoms with Crippen LogP contribution in [-0.2, 0) is 4.79 Å². The van der Waals surface area contributed by atoms with E-state index in [-0.39, 0.29) is 18.3 Å². The number of amides is 1. The van der Waals surface area contributed by atoms with Gasteiger partial charge in [-0.3, -0.25) is 4.79 Å². The van der Waals surface area contributed by atoms with Crippen LogP contribution in [-0.4, -0.2) is 25.5 Å². The molecule has 1 aliphatic carbocycles. The third kappa shape index (κ3) is 5.45. The summed E-state index contributed by atoms with van der Waals surface area (Å²) in [6.07, 6.45) is 9.66. The van der Waals surface area contributed by atoms with Crippen molar-refractivity contribution in [2.24, 2.45) is 17.3 Å². The zero-order valence-electron chi connectivity index (χ0n) is 13.7. The monoisotopic (exact) mass is 316 g/mol. The smallest absolute Gasteiger partial charge is 0.220 e. The lowest BCUT2D eigenvalue weighted by molar-refractivity contribution is -0.122. The van der Waals surface area contributed by atoms with Gasteiger partial charge in [-0.15, -0.1) is 12.4 Å². The van der Waals surface area contributed by atoms with Crippen LogP contribution in [0.25, 0.3) is 0 Å². The molecule has 1 aliphatic heterocycles. The summed E-state index contributed by atoms with van der Waals surface area (Å²) in [4.78, 5) is 12.2. The maximum atomic E-state index is 12.2. The highest BCUT2D eigenvalue weighted by molar-refractivity contribution is 5.85. The highest BCUT2D eigenvalue weighted by atomic mass is 35.5. The molecule has 2 rings (SSSR count). The number of carbonyl (C=O) groups is 1. The first-order valence-corrected chi connectivity index (χ1v) is 8.63. The van der Waals surface area contributed by atoms with Gasteiger partial charge in [0, 0.05) is 13.0 Å². The van der Waals surface area contributed by atoms with Crippen molar-refractivity contribution >= 4 is 18.3 Å². The quantitative estimate of drug-likeness (QED) is 0.787. The Morgan fingerprint density at radius 3 is 2.48 bits per heavy atom. The molecule has 0 radical (unpaired) electrons. The largest absolute Gasteiger partial charge is 0.356 e. The molecular formula is C17H33ClN2O. The van der Waals surface area contributed by atoms with E-state index in [1.54, 1.807) is 0 Å². The minimum Gasteiger partial charge on any atom is -0.356 e. The van der Waals surface area contributed by atoms with Crippen molar-refractivity contribution in [1.29, 1.82) is 0 Å². The SMILES string of the molecule is CCC1(CNC(=O)CC(C)C2CCNCC2)CCCC1.Cl. The van der Waals surface area contributed by atoms with Gasteiger partial charge in [0.2, 0.25) is 5.91 Å². The lowest BCUT2D eigenvalue weighted by Gasteiger charge is -2.30. The molecule has 1 amide bonds. The van der Waals surface area contributed by atoms with E-state index in [0.717, 1.165) is 25.6 Å². The number of rotatable bonds is 6. The van der Waals surface area contributed by atoms with Crippen LogP contribution in [0.15, 0.2) is 0 Å². The van der Waals surface area contributed by atoms with Gasteiger partial charge in [0.15, 0.2) is 0 Å². The molecule has 2 aliphatic rings. The van der Waals surface area contributed by atoms with E-state index in [4.69, 9.17) is 0 Å². The molecule has 2 fully saturated rings. The number of halogens is 1. The summed E-state index contributed by atoms with van der Waals surface area (Å²) < 4.78 is 0. The molecule has 21 heavy (non-hydrogen) atoms. The fourth-order valence-corrected chi connectivity index (χ4v) is 4.01. The van der Waals surface area contributed by atoms with Gasteiger partial charge in [-0.1, -0.05) is 26.7 Å². The minimum atomic E-state index is 0. The summed E-state index contributed by atoms with van der Waals surface area (Å²) in [5.74, 6) is 1.53. The first kappa shape index (κ1) is 18.8. The van der Waals surface area contributed by atoms with E-state index in [9.17, 15) is 4.79 Å². The minimum absolute atomic E-state index is 0. The van der Waals surface area contributed by atoms with Crippen molar-refractivity contribution in [3.8, 4) is 0 Å². The van der Waals surface area contributed by atoms with Crippen molar-refractivity contribution in [3.63, 3.8) is 0 Å². The molecule has 124 valence electrons. The summed E-state index contributed by atoms with van der Waals surface area (Å²) in [7, 11) is 0. The molecule has 3 nitrogen and oxygen atoms in total. The van der Waals surface area contributed by atoms with E-state index in [1.807, 2.05) is 0 Å². The van der Waals surface area contributed by atoms with Crippen LogP contribution in [0, 0.1) is 17.3 Å². The Kier molecular flexibility index (Phi) is 8.04. The van der Waals surface area contributed by atoms with Gasteiger partial charge in [-0.2, -0.15) is 0 Å². The van der Waals surface area contributed by atoms with Crippen LogP contribution >= 0.6 is 12.4 Å². The molecular weight excluding hydrogens is 284 g/mol. The Bertz CT molecular complexity index is 310. The van der Waals surface area contributed by atoms with Crippen molar-refractivity contribution in [2.75, 3.05) is 19.6 Å². The number of hydrogen-bond acceptors (Lipinski definition) is 2. The Morgan fingerprint density at radius 1 is 1.29 bits per heavy atom. The Balaban J connectivity index is 0.00000220. The lowest BCUT2D eigenvalue weighted by atomic mass is 9.82. The summed E-state index contributed by atoms with van der Waals surface area (Å²) in [6.45, 7) is 7.67. The van der Waals surface area contributed by atoms with E-state index in [0.29, 0.717) is 17.8 Å². The highest BCUT2D eigenvalue weighted by Gasteiger charge is 2.32. The van der Waals surface area contributed by atoms with Crippen molar-refractivity contribution < 1.29 is 4.79 Å². The third-order valence-electron chi connectivity index (χ3n) is 5.77. The van der Waals surface area contributed by atoms with Gasteiger partial charge in [0.05, 0.1) is 0 Å². The second kappa shape index (κ2) is 8.99. The topological polar surface area (TPSA) is 41.1 Å². The second-order valence-electron chi connectivity index (χ2n) is 7.11. The maximum absolute atomic E-state index is 12.2. The Morgan fingerprint density at radius 2 is 1.90 bits per heavy atom. The van der Waals surface area contributed by atoms with Crippen LogP contribution in [0.2, 0.25) is 0 Å². The van der Waals surface area contributed by atoms with E-state index in [2.05, 4.69) is 24.5 Å². The summed E-state index contributed by atoms with van der Waals surface area (Å²) >= 11 is 0. The van der Waals surface area contributed by atoms with Gasteiger partial charge in [0.1, 0.15) is 0 Å². The predicted molar refractivity (Wildman–Crippen MR) is 90.8 cm³/mol. The average Bonchev–Trinajstić information content (AvgIpc) is 2.95. The molecule has 0 spiro atoms. The number of piperidine rings is 1. The normalized spacial score (nSPS) is 23.3. The van der Waals surface area contributed by atoms with Crippen LogP contribution in [0.3, 0.4) is 0 Å². The summed E-state index contributed by atoms with van der Waals surface area (Å²) in [5, 5.41) is 6.63. The zero-order valence-corrected chi connectivity index (χ0v) is 14.6. The van der Waals surface area contributed by atoms with E-state index in [1.165, 1.54) is 44.9 Å². The van der Waals surface area contributed by atoms with Gasteiger partial charge in [-0.05, 0) is 62.4 Å². The number of hydrogen-bond donors (Lipinski definition) is 2. The molecule has 2 N–H and O–H groups in total. The van der Waals surface area contributed by atoms with E-state index >= 15 is 0 Å². The number of carbonyl (C=O) groups excluding carboxylic acids is 1. The van der Waals surface area contributed by atoms with Gasteiger partial charge in [-0.25, -0.2) is 0 Å². The molecule has 1 unspecified atom stereocenters. The Hall–Kier alpha value is -0.280. The molecule has 0 bridgehead atoms. The molecule has 4 heteroatoms. The van der Waals surface area contributed by atoms with Crippen LogP contribution in [0.4, 0.5) is 0 Å². The van der Waals surface area contributed by atoms with Gasteiger partial charge >= 0.3 is 0 Å². The van der Waals surface area contributed by atoms with Crippen molar-refractivity contribution in [2.45, 2.75) is 65.2 Å². The molecule has 0 aromatic heterocycles.